The summed E-state index contributed by atoms with van der Waals surface area (Å²) >= 11 is 0. The van der Waals surface area contributed by atoms with E-state index in [4.69, 9.17) is 10.5 Å². The molecule has 0 aliphatic carbocycles. The third-order valence-electron chi connectivity index (χ3n) is 3.16. The highest BCUT2D eigenvalue weighted by molar-refractivity contribution is 5.95. The number of nitrogens with two attached hydrogens (primary N) is 1. The lowest BCUT2D eigenvalue weighted by Crippen LogP contribution is -2.40. The molecule has 0 saturated carbocycles. The molecule has 0 saturated heterocycles. The highest BCUT2D eigenvalue weighted by Crippen LogP contribution is 2.27. The summed E-state index contributed by atoms with van der Waals surface area (Å²) in [4.78, 5) is 22.5. The molecular formula is C14H22ClN3O4. The van der Waals surface area contributed by atoms with E-state index in [0.717, 1.165) is 19.3 Å². The average Bonchev–Trinajstić information content (AvgIpc) is 2.50. The molecule has 0 aliphatic rings. The minimum Gasteiger partial charge on any atom is -0.490 e. The number of ether oxygens (including phenoxy) is 1. The molecule has 1 aromatic rings. The summed E-state index contributed by atoms with van der Waals surface area (Å²) in [5.41, 5.74) is 5.61. The Morgan fingerprint density at radius 1 is 1.50 bits per heavy atom. The molecule has 8 heteroatoms. The molecule has 0 radical (unpaired) electrons. The minimum absolute atomic E-state index is 0. The maximum Gasteiger partial charge on any atom is 0.311 e. The van der Waals surface area contributed by atoms with E-state index in [1.165, 1.54) is 25.3 Å². The fourth-order valence-electron chi connectivity index (χ4n) is 1.94. The number of carbonyl (C=O) groups excluding carboxylic acids is 1. The van der Waals surface area contributed by atoms with Crippen LogP contribution in [0.25, 0.3) is 0 Å². The Bertz CT molecular complexity index is 511. The van der Waals surface area contributed by atoms with Crippen LogP contribution in [0.1, 0.15) is 36.5 Å². The third kappa shape index (κ3) is 5.50. The number of hydrogen-bond acceptors (Lipinski definition) is 5. The van der Waals surface area contributed by atoms with Crippen molar-refractivity contribution in [3.05, 3.63) is 33.9 Å². The molecule has 1 amide bonds. The Kier molecular flexibility index (Phi) is 9.12. The SMILES string of the molecule is CCCCC(CN)NC(=O)c1ccc(OC)c([N+](=O)[O-])c1.Cl. The molecule has 0 bridgehead atoms. The Morgan fingerprint density at radius 2 is 2.18 bits per heavy atom. The molecule has 124 valence electrons. The molecular weight excluding hydrogens is 310 g/mol. The molecule has 0 spiro atoms. The molecule has 3 N–H and O–H groups in total. The van der Waals surface area contributed by atoms with Crippen molar-refractivity contribution >= 4 is 24.0 Å². The molecule has 1 unspecified atom stereocenters. The van der Waals surface area contributed by atoms with Crippen molar-refractivity contribution in [2.24, 2.45) is 5.73 Å². The molecule has 0 fully saturated rings. The quantitative estimate of drug-likeness (QED) is 0.561. The summed E-state index contributed by atoms with van der Waals surface area (Å²) in [5, 5.41) is 13.7. The van der Waals surface area contributed by atoms with Crippen molar-refractivity contribution in [1.29, 1.82) is 0 Å². The Morgan fingerprint density at radius 3 is 2.68 bits per heavy atom. The summed E-state index contributed by atoms with van der Waals surface area (Å²) < 4.78 is 4.90. The van der Waals surface area contributed by atoms with Gasteiger partial charge in [0.1, 0.15) is 0 Å². The summed E-state index contributed by atoms with van der Waals surface area (Å²) in [7, 11) is 1.34. The second-order valence-corrected chi connectivity index (χ2v) is 4.69. The molecule has 0 heterocycles. The molecule has 22 heavy (non-hydrogen) atoms. The number of rotatable bonds is 8. The molecule has 7 nitrogen and oxygen atoms in total. The average molecular weight is 332 g/mol. The normalized spacial score (nSPS) is 11.2. The zero-order chi connectivity index (χ0) is 15.8. The molecule has 1 rings (SSSR count). The number of nitrogens with one attached hydrogen (secondary N) is 1. The van der Waals surface area contributed by atoms with E-state index in [1.54, 1.807) is 0 Å². The van der Waals surface area contributed by atoms with Crippen LogP contribution in [-0.2, 0) is 0 Å². The monoisotopic (exact) mass is 331 g/mol. The number of amides is 1. The van der Waals surface area contributed by atoms with Gasteiger partial charge in [0, 0.05) is 24.2 Å². The minimum atomic E-state index is -0.576. The van der Waals surface area contributed by atoms with Crippen LogP contribution in [0.2, 0.25) is 0 Å². The largest absolute Gasteiger partial charge is 0.490 e. The van der Waals surface area contributed by atoms with E-state index in [1.807, 2.05) is 0 Å². The second kappa shape index (κ2) is 9.97. The van der Waals surface area contributed by atoms with Gasteiger partial charge in [0.2, 0.25) is 0 Å². The van der Waals surface area contributed by atoms with Gasteiger partial charge in [-0.25, -0.2) is 0 Å². The number of nitro groups is 1. The molecule has 0 aliphatic heterocycles. The molecule has 0 aromatic heterocycles. The van der Waals surface area contributed by atoms with Crippen molar-refractivity contribution in [1.82, 2.24) is 5.32 Å². The van der Waals surface area contributed by atoms with Crippen LogP contribution in [-0.4, -0.2) is 30.5 Å². The predicted molar refractivity (Wildman–Crippen MR) is 86.7 cm³/mol. The summed E-state index contributed by atoms with van der Waals surface area (Å²) in [6, 6.07) is 3.99. The van der Waals surface area contributed by atoms with E-state index in [2.05, 4.69) is 12.2 Å². The number of benzene rings is 1. The van der Waals surface area contributed by atoms with E-state index in [9.17, 15) is 14.9 Å². The lowest BCUT2D eigenvalue weighted by molar-refractivity contribution is -0.385. The summed E-state index contributed by atoms with van der Waals surface area (Å²) in [6.07, 6.45) is 2.77. The van der Waals surface area contributed by atoms with Gasteiger partial charge < -0.3 is 15.8 Å². The van der Waals surface area contributed by atoms with Gasteiger partial charge in [-0.3, -0.25) is 14.9 Å². The number of hydrogen-bond donors (Lipinski definition) is 2. The van der Waals surface area contributed by atoms with E-state index in [-0.39, 0.29) is 41.4 Å². The molecule has 1 atom stereocenters. The maximum absolute atomic E-state index is 12.1. The Hall–Kier alpha value is -1.86. The Balaban J connectivity index is 0.00000441. The highest BCUT2D eigenvalue weighted by atomic mass is 35.5. The van der Waals surface area contributed by atoms with Crippen LogP contribution in [0, 0.1) is 10.1 Å². The first kappa shape index (κ1) is 20.1. The first-order chi connectivity index (χ1) is 10.0. The van der Waals surface area contributed by atoms with E-state index < -0.39 is 4.92 Å². The van der Waals surface area contributed by atoms with Gasteiger partial charge >= 0.3 is 5.69 Å². The fourth-order valence-corrected chi connectivity index (χ4v) is 1.94. The number of nitrogens with zero attached hydrogens (tertiary/aromatic N) is 1. The van der Waals surface area contributed by atoms with Crippen LogP contribution in [0.4, 0.5) is 5.69 Å². The first-order valence-electron chi connectivity index (χ1n) is 6.86. The smallest absolute Gasteiger partial charge is 0.311 e. The van der Waals surface area contributed by atoms with Crippen molar-refractivity contribution in [3.63, 3.8) is 0 Å². The third-order valence-corrected chi connectivity index (χ3v) is 3.16. The van der Waals surface area contributed by atoms with Crippen molar-refractivity contribution in [2.45, 2.75) is 32.2 Å². The number of methoxy groups -OCH3 is 1. The van der Waals surface area contributed by atoms with Crippen LogP contribution in [0.5, 0.6) is 5.75 Å². The zero-order valence-electron chi connectivity index (χ0n) is 12.7. The van der Waals surface area contributed by atoms with Crippen molar-refractivity contribution in [2.75, 3.05) is 13.7 Å². The Labute approximate surface area is 135 Å². The molecule has 1 aromatic carbocycles. The highest BCUT2D eigenvalue weighted by Gasteiger charge is 2.19. The topological polar surface area (TPSA) is 107 Å². The fraction of sp³-hybridized carbons (Fsp3) is 0.500. The number of halogens is 1. The predicted octanol–water partition coefficient (Wildman–Crippen LogP) is 2.27. The number of nitro benzene ring substituents is 1. The van der Waals surface area contributed by atoms with Crippen LogP contribution < -0.4 is 15.8 Å². The van der Waals surface area contributed by atoms with Gasteiger partial charge in [-0.2, -0.15) is 0 Å². The first-order valence-corrected chi connectivity index (χ1v) is 6.86. The van der Waals surface area contributed by atoms with Crippen LogP contribution >= 0.6 is 12.4 Å². The van der Waals surface area contributed by atoms with E-state index in [0.29, 0.717) is 6.54 Å². The van der Waals surface area contributed by atoms with Gasteiger partial charge in [-0.1, -0.05) is 19.8 Å². The maximum atomic E-state index is 12.1. The number of unbranched alkanes of at least 4 members (excludes halogenated alkanes) is 1. The lowest BCUT2D eigenvalue weighted by Gasteiger charge is -2.16. The van der Waals surface area contributed by atoms with Crippen LogP contribution in [0.15, 0.2) is 18.2 Å². The van der Waals surface area contributed by atoms with Crippen molar-refractivity contribution in [3.8, 4) is 5.75 Å². The van der Waals surface area contributed by atoms with Gasteiger partial charge in [0.25, 0.3) is 5.91 Å². The number of carbonyl (C=O) groups is 1. The van der Waals surface area contributed by atoms with E-state index >= 15 is 0 Å². The van der Waals surface area contributed by atoms with Gasteiger partial charge in [-0.15, -0.1) is 12.4 Å². The summed E-state index contributed by atoms with van der Waals surface area (Å²) in [5.74, 6) is -0.245. The van der Waals surface area contributed by atoms with Gasteiger partial charge in [0.15, 0.2) is 5.75 Å². The standard InChI is InChI=1S/C14H21N3O4.ClH/c1-3-4-5-11(9-15)16-14(18)10-6-7-13(21-2)12(8-10)17(19)20;/h6-8,11H,3-5,9,15H2,1-2H3,(H,16,18);1H. The van der Waals surface area contributed by atoms with Gasteiger partial charge in [-0.05, 0) is 18.6 Å². The summed E-state index contributed by atoms with van der Waals surface area (Å²) in [6.45, 7) is 2.40. The lowest BCUT2D eigenvalue weighted by atomic mass is 10.1. The van der Waals surface area contributed by atoms with Crippen LogP contribution in [0.3, 0.4) is 0 Å². The van der Waals surface area contributed by atoms with Gasteiger partial charge in [0.05, 0.1) is 12.0 Å². The zero-order valence-corrected chi connectivity index (χ0v) is 13.5. The second-order valence-electron chi connectivity index (χ2n) is 4.69. The van der Waals surface area contributed by atoms with Crippen molar-refractivity contribution < 1.29 is 14.5 Å².